The van der Waals surface area contributed by atoms with Crippen LogP contribution >= 0.6 is 11.8 Å². The number of carbonyl (C=O) groups excluding carboxylic acids is 1. The van der Waals surface area contributed by atoms with Gasteiger partial charge in [-0.2, -0.15) is 0 Å². The molecule has 3 heteroatoms. The van der Waals surface area contributed by atoms with Crippen LogP contribution in [-0.4, -0.2) is 15.0 Å². The van der Waals surface area contributed by atoms with Crippen LogP contribution in [-0.2, 0) is 4.79 Å². The van der Waals surface area contributed by atoms with E-state index in [2.05, 4.69) is 6.58 Å². The molecule has 0 aromatic heterocycles. The average Bonchev–Trinajstić information content (AvgIpc) is 2.31. The number of hydrogen-bond acceptors (Lipinski definition) is 3. The van der Waals surface area contributed by atoms with E-state index >= 15 is 0 Å². The third-order valence-electron chi connectivity index (χ3n) is 2.37. The number of carbonyl (C=O) groups is 1. The SMILES string of the molecule is C=CCC1=C(O)[C@@](C)(CC)SC1=O. The van der Waals surface area contributed by atoms with E-state index in [-0.39, 0.29) is 10.9 Å². The molecule has 0 saturated heterocycles. The standard InChI is InChI=1S/C10H14O2S/c1-4-6-7-8(11)10(3,5-2)13-9(7)12/h4,11H,1,5-6H2,2-3H3/t10-/m1/s1. The van der Waals surface area contributed by atoms with Crippen molar-refractivity contribution in [2.75, 3.05) is 0 Å². The number of aliphatic hydroxyl groups is 1. The van der Waals surface area contributed by atoms with E-state index in [1.165, 1.54) is 11.8 Å². The molecule has 72 valence electrons. The number of thioether (sulfide) groups is 1. The van der Waals surface area contributed by atoms with Gasteiger partial charge in [-0.3, -0.25) is 4.79 Å². The lowest BCUT2D eigenvalue weighted by atomic mass is 10.0. The Bertz CT molecular complexity index is 281. The molecular formula is C10H14O2S. The zero-order chi connectivity index (χ0) is 10.1. The minimum absolute atomic E-state index is 0.0123. The Balaban J connectivity index is 3.02. The van der Waals surface area contributed by atoms with Gasteiger partial charge in [-0.25, -0.2) is 0 Å². The maximum absolute atomic E-state index is 11.4. The Kier molecular flexibility index (Phi) is 2.86. The summed E-state index contributed by atoms with van der Waals surface area (Å²) in [6, 6.07) is 0. The molecule has 0 bridgehead atoms. The molecule has 1 aliphatic heterocycles. The lowest BCUT2D eigenvalue weighted by molar-refractivity contribution is -0.107. The molecule has 1 N–H and O–H groups in total. The quantitative estimate of drug-likeness (QED) is 0.708. The second kappa shape index (κ2) is 3.58. The maximum Gasteiger partial charge on any atom is 0.220 e. The van der Waals surface area contributed by atoms with Crippen LogP contribution in [0.3, 0.4) is 0 Å². The molecule has 0 unspecified atom stereocenters. The van der Waals surface area contributed by atoms with Crippen molar-refractivity contribution >= 4 is 16.9 Å². The van der Waals surface area contributed by atoms with Crippen LogP contribution in [0.5, 0.6) is 0 Å². The molecule has 0 aromatic carbocycles. The highest BCUT2D eigenvalue weighted by atomic mass is 32.2. The van der Waals surface area contributed by atoms with Gasteiger partial charge in [-0.1, -0.05) is 24.8 Å². The van der Waals surface area contributed by atoms with Gasteiger partial charge in [0.15, 0.2) is 0 Å². The van der Waals surface area contributed by atoms with E-state index in [9.17, 15) is 9.90 Å². The first-order valence-electron chi connectivity index (χ1n) is 4.32. The van der Waals surface area contributed by atoms with Crippen molar-refractivity contribution in [1.29, 1.82) is 0 Å². The van der Waals surface area contributed by atoms with Crippen LogP contribution in [0.1, 0.15) is 26.7 Å². The Morgan fingerprint density at radius 1 is 1.69 bits per heavy atom. The van der Waals surface area contributed by atoms with Crippen LogP contribution < -0.4 is 0 Å². The zero-order valence-electron chi connectivity index (χ0n) is 7.96. The van der Waals surface area contributed by atoms with Gasteiger partial charge in [-0.15, -0.1) is 6.58 Å². The van der Waals surface area contributed by atoms with E-state index in [4.69, 9.17) is 0 Å². The highest BCUT2D eigenvalue weighted by Crippen LogP contribution is 2.45. The van der Waals surface area contributed by atoms with Gasteiger partial charge in [-0.05, 0) is 19.8 Å². The summed E-state index contributed by atoms with van der Waals surface area (Å²) < 4.78 is -0.407. The predicted octanol–water partition coefficient (Wildman–Crippen LogP) is 2.82. The van der Waals surface area contributed by atoms with E-state index < -0.39 is 4.75 Å². The summed E-state index contributed by atoms with van der Waals surface area (Å²) in [5.41, 5.74) is 0.518. The molecule has 2 nitrogen and oxygen atoms in total. The first-order valence-corrected chi connectivity index (χ1v) is 5.13. The number of hydrogen-bond donors (Lipinski definition) is 1. The number of allylic oxidation sites excluding steroid dienone is 1. The second-order valence-corrected chi connectivity index (χ2v) is 4.77. The van der Waals surface area contributed by atoms with Gasteiger partial charge >= 0.3 is 0 Å². The Hall–Kier alpha value is -0.700. The van der Waals surface area contributed by atoms with Crippen LogP contribution in [0.15, 0.2) is 24.0 Å². The van der Waals surface area contributed by atoms with Crippen molar-refractivity contribution in [2.24, 2.45) is 0 Å². The summed E-state index contributed by atoms with van der Waals surface area (Å²) in [4.78, 5) is 11.4. The highest BCUT2D eigenvalue weighted by Gasteiger charge is 2.41. The van der Waals surface area contributed by atoms with Gasteiger partial charge < -0.3 is 5.11 Å². The molecule has 1 heterocycles. The smallest absolute Gasteiger partial charge is 0.220 e. The number of aliphatic hydroxyl groups excluding tert-OH is 1. The molecule has 0 spiro atoms. The minimum atomic E-state index is -0.407. The normalized spacial score (nSPS) is 28.3. The fourth-order valence-corrected chi connectivity index (χ4v) is 2.37. The maximum atomic E-state index is 11.4. The highest BCUT2D eigenvalue weighted by molar-refractivity contribution is 8.15. The van der Waals surface area contributed by atoms with E-state index in [0.29, 0.717) is 12.0 Å². The van der Waals surface area contributed by atoms with Crippen molar-refractivity contribution in [3.8, 4) is 0 Å². The summed E-state index contributed by atoms with van der Waals surface area (Å²) >= 11 is 1.21. The Morgan fingerprint density at radius 2 is 2.31 bits per heavy atom. The van der Waals surface area contributed by atoms with Crippen molar-refractivity contribution in [1.82, 2.24) is 0 Å². The molecule has 0 saturated carbocycles. The minimum Gasteiger partial charge on any atom is -0.510 e. The van der Waals surface area contributed by atoms with Gasteiger partial charge in [0, 0.05) is 5.57 Å². The van der Waals surface area contributed by atoms with Crippen molar-refractivity contribution in [2.45, 2.75) is 31.4 Å². The van der Waals surface area contributed by atoms with Crippen LogP contribution in [0, 0.1) is 0 Å². The van der Waals surface area contributed by atoms with E-state index in [0.717, 1.165) is 6.42 Å². The predicted molar refractivity (Wildman–Crippen MR) is 55.8 cm³/mol. The average molecular weight is 198 g/mol. The molecular weight excluding hydrogens is 184 g/mol. The third kappa shape index (κ3) is 1.66. The fraction of sp³-hybridized carbons (Fsp3) is 0.500. The van der Waals surface area contributed by atoms with Crippen LogP contribution in [0.25, 0.3) is 0 Å². The molecule has 1 aliphatic rings. The van der Waals surface area contributed by atoms with Gasteiger partial charge in [0.05, 0.1) is 4.75 Å². The summed E-state index contributed by atoms with van der Waals surface area (Å²) in [7, 11) is 0. The van der Waals surface area contributed by atoms with Gasteiger partial charge in [0.25, 0.3) is 0 Å². The van der Waals surface area contributed by atoms with Gasteiger partial charge in [0.2, 0.25) is 5.12 Å². The van der Waals surface area contributed by atoms with Gasteiger partial charge in [0.1, 0.15) is 5.76 Å². The zero-order valence-corrected chi connectivity index (χ0v) is 8.78. The molecule has 0 amide bonds. The number of rotatable bonds is 3. The lowest BCUT2D eigenvalue weighted by Gasteiger charge is -2.19. The van der Waals surface area contributed by atoms with Crippen LogP contribution in [0.2, 0.25) is 0 Å². The largest absolute Gasteiger partial charge is 0.510 e. The summed E-state index contributed by atoms with van der Waals surface area (Å²) in [6.07, 6.45) is 2.87. The molecule has 1 atom stereocenters. The third-order valence-corrected chi connectivity index (χ3v) is 3.74. The monoisotopic (exact) mass is 198 g/mol. The molecule has 0 aromatic rings. The van der Waals surface area contributed by atoms with E-state index in [1.54, 1.807) is 6.08 Å². The molecule has 13 heavy (non-hydrogen) atoms. The van der Waals surface area contributed by atoms with Crippen molar-refractivity contribution in [3.63, 3.8) is 0 Å². The summed E-state index contributed by atoms with van der Waals surface area (Å²) in [5, 5.41) is 9.79. The lowest BCUT2D eigenvalue weighted by Crippen LogP contribution is -2.18. The second-order valence-electron chi connectivity index (χ2n) is 3.29. The Morgan fingerprint density at radius 3 is 2.69 bits per heavy atom. The molecule has 0 aliphatic carbocycles. The summed E-state index contributed by atoms with van der Waals surface area (Å²) in [5.74, 6) is 0.241. The van der Waals surface area contributed by atoms with E-state index in [1.807, 2.05) is 13.8 Å². The topological polar surface area (TPSA) is 37.3 Å². The molecule has 0 radical (unpaired) electrons. The fourth-order valence-electron chi connectivity index (χ4n) is 1.29. The summed E-state index contributed by atoms with van der Waals surface area (Å²) in [6.45, 7) is 7.42. The first kappa shape index (κ1) is 10.4. The molecule has 0 fully saturated rings. The molecule has 1 rings (SSSR count). The van der Waals surface area contributed by atoms with Crippen molar-refractivity contribution < 1.29 is 9.90 Å². The Labute approximate surface area is 82.7 Å². The van der Waals surface area contributed by atoms with Crippen LogP contribution in [0.4, 0.5) is 0 Å². The first-order chi connectivity index (χ1) is 6.05. The van der Waals surface area contributed by atoms with Crippen molar-refractivity contribution in [3.05, 3.63) is 24.0 Å².